The Balaban J connectivity index is 2.42. The van der Waals surface area contributed by atoms with Crippen LogP contribution in [0.3, 0.4) is 0 Å². The molecule has 1 heterocycles. The van der Waals surface area contributed by atoms with E-state index < -0.39 is 5.82 Å². The first-order valence-electron chi connectivity index (χ1n) is 4.87. The zero-order valence-electron chi connectivity index (χ0n) is 8.66. The van der Waals surface area contributed by atoms with Gasteiger partial charge in [-0.1, -0.05) is 23.7 Å². The highest BCUT2D eigenvalue weighted by atomic mass is 79.9. The van der Waals surface area contributed by atoms with E-state index in [1.807, 2.05) is 0 Å². The van der Waals surface area contributed by atoms with E-state index in [4.69, 9.17) is 11.6 Å². The normalized spacial score (nSPS) is 10.5. The number of hydrogen-bond donors (Lipinski definition) is 0. The minimum Gasteiger partial charge on any atom is -0.310 e. The SMILES string of the molecule is O=c1c(Br)cccn1Cc1cccc(Cl)c1F. The van der Waals surface area contributed by atoms with Crippen LogP contribution in [0.1, 0.15) is 5.56 Å². The van der Waals surface area contributed by atoms with Gasteiger partial charge in [-0.2, -0.15) is 0 Å². The molecule has 0 unspecified atom stereocenters. The Morgan fingerprint density at radius 2 is 2.06 bits per heavy atom. The summed E-state index contributed by atoms with van der Waals surface area (Å²) in [4.78, 5) is 11.7. The molecule has 2 rings (SSSR count). The number of halogens is 3. The average Bonchev–Trinajstić information content (AvgIpc) is 2.31. The van der Waals surface area contributed by atoms with Gasteiger partial charge in [0.25, 0.3) is 5.56 Å². The minimum atomic E-state index is -0.485. The van der Waals surface area contributed by atoms with Crippen LogP contribution >= 0.6 is 27.5 Å². The quantitative estimate of drug-likeness (QED) is 0.832. The zero-order valence-corrected chi connectivity index (χ0v) is 11.0. The van der Waals surface area contributed by atoms with E-state index in [1.165, 1.54) is 10.6 Å². The molecule has 0 radical (unpaired) electrons. The van der Waals surface area contributed by atoms with Gasteiger partial charge in [0.15, 0.2) is 0 Å². The number of aromatic nitrogens is 1. The molecule has 0 aliphatic heterocycles. The molecule has 1 aromatic carbocycles. The van der Waals surface area contributed by atoms with Crippen molar-refractivity contribution in [2.24, 2.45) is 0 Å². The maximum Gasteiger partial charge on any atom is 0.265 e. The summed E-state index contributed by atoms with van der Waals surface area (Å²) in [6.07, 6.45) is 1.60. The Kier molecular flexibility index (Phi) is 3.64. The van der Waals surface area contributed by atoms with Gasteiger partial charge >= 0.3 is 0 Å². The van der Waals surface area contributed by atoms with E-state index >= 15 is 0 Å². The number of benzene rings is 1. The number of nitrogens with zero attached hydrogens (tertiary/aromatic N) is 1. The van der Waals surface area contributed by atoms with Crippen LogP contribution in [-0.2, 0) is 6.54 Å². The van der Waals surface area contributed by atoms with Crippen molar-refractivity contribution in [3.8, 4) is 0 Å². The highest BCUT2D eigenvalue weighted by Crippen LogP contribution is 2.18. The van der Waals surface area contributed by atoms with Crippen molar-refractivity contribution in [3.05, 3.63) is 67.8 Å². The summed E-state index contributed by atoms with van der Waals surface area (Å²) in [7, 11) is 0. The summed E-state index contributed by atoms with van der Waals surface area (Å²) >= 11 is 8.82. The summed E-state index contributed by atoms with van der Waals surface area (Å²) in [5.74, 6) is -0.485. The zero-order chi connectivity index (χ0) is 12.4. The van der Waals surface area contributed by atoms with Gasteiger partial charge in [0, 0.05) is 11.8 Å². The van der Waals surface area contributed by atoms with E-state index in [-0.39, 0.29) is 17.1 Å². The summed E-state index contributed by atoms with van der Waals surface area (Å²) in [5, 5.41) is 0.0607. The molecule has 17 heavy (non-hydrogen) atoms. The van der Waals surface area contributed by atoms with Crippen molar-refractivity contribution in [1.29, 1.82) is 0 Å². The van der Waals surface area contributed by atoms with Crippen molar-refractivity contribution >= 4 is 27.5 Å². The molecule has 88 valence electrons. The molecule has 1 aromatic heterocycles. The maximum absolute atomic E-state index is 13.7. The van der Waals surface area contributed by atoms with Crippen LogP contribution in [0.5, 0.6) is 0 Å². The lowest BCUT2D eigenvalue weighted by Gasteiger charge is -2.07. The first kappa shape index (κ1) is 12.3. The van der Waals surface area contributed by atoms with Gasteiger partial charge < -0.3 is 4.57 Å². The Morgan fingerprint density at radius 1 is 1.29 bits per heavy atom. The third-order valence-corrected chi connectivity index (χ3v) is 3.24. The molecular formula is C12H8BrClFNO. The molecule has 5 heteroatoms. The van der Waals surface area contributed by atoms with Crippen LogP contribution in [0.4, 0.5) is 4.39 Å². The molecule has 0 amide bonds. The third kappa shape index (κ3) is 2.58. The molecule has 2 aromatic rings. The van der Waals surface area contributed by atoms with Crippen LogP contribution in [0.2, 0.25) is 5.02 Å². The fraction of sp³-hybridized carbons (Fsp3) is 0.0833. The van der Waals surface area contributed by atoms with E-state index in [2.05, 4.69) is 15.9 Å². The molecule has 0 fully saturated rings. The summed E-state index contributed by atoms with van der Waals surface area (Å²) in [5.41, 5.74) is 0.185. The van der Waals surface area contributed by atoms with Gasteiger partial charge in [-0.05, 0) is 34.1 Å². The molecule has 0 spiro atoms. The van der Waals surface area contributed by atoms with Gasteiger partial charge in [0.05, 0.1) is 16.0 Å². The number of pyridine rings is 1. The topological polar surface area (TPSA) is 22.0 Å². The average molecular weight is 317 g/mol. The third-order valence-electron chi connectivity index (χ3n) is 2.35. The lowest BCUT2D eigenvalue weighted by Crippen LogP contribution is -2.20. The summed E-state index contributed by atoms with van der Waals surface area (Å²) in [6.45, 7) is 0.157. The predicted molar refractivity (Wildman–Crippen MR) is 68.9 cm³/mol. The van der Waals surface area contributed by atoms with Gasteiger partial charge in [-0.25, -0.2) is 4.39 Å². The monoisotopic (exact) mass is 315 g/mol. The summed E-state index contributed by atoms with van der Waals surface area (Å²) in [6, 6.07) is 8.10. The van der Waals surface area contributed by atoms with Crippen molar-refractivity contribution in [2.45, 2.75) is 6.54 Å². The molecule has 2 nitrogen and oxygen atoms in total. The van der Waals surface area contributed by atoms with Crippen LogP contribution in [0.15, 0.2) is 45.8 Å². The second kappa shape index (κ2) is 5.02. The van der Waals surface area contributed by atoms with Gasteiger partial charge in [0.2, 0.25) is 0 Å². The highest BCUT2D eigenvalue weighted by molar-refractivity contribution is 9.10. The predicted octanol–water partition coefficient (Wildman–Crippen LogP) is 3.45. The standard InChI is InChI=1S/C12H8BrClFNO/c13-9-4-2-6-16(12(9)17)7-8-3-1-5-10(14)11(8)15/h1-6H,7H2. The Hall–Kier alpha value is -1.13. The van der Waals surface area contributed by atoms with E-state index in [1.54, 1.807) is 30.5 Å². The fourth-order valence-electron chi connectivity index (χ4n) is 1.49. The summed E-state index contributed by atoms with van der Waals surface area (Å²) < 4.78 is 15.5. The molecule has 0 saturated heterocycles. The molecular weight excluding hydrogens is 308 g/mol. The molecule has 0 aliphatic rings. The Morgan fingerprint density at radius 3 is 2.82 bits per heavy atom. The minimum absolute atomic E-state index is 0.0607. The van der Waals surface area contributed by atoms with E-state index in [0.717, 1.165) is 0 Å². The Bertz CT molecular complexity index is 612. The molecule has 0 saturated carbocycles. The van der Waals surface area contributed by atoms with Gasteiger partial charge in [-0.3, -0.25) is 4.79 Å². The van der Waals surface area contributed by atoms with Crippen LogP contribution in [-0.4, -0.2) is 4.57 Å². The smallest absolute Gasteiger partial charge is 0.265 e. The fourth-order valence-corrected chi connectivity index (χ4v) is 2.06. The van der Waals surface area contributed by atoms with Crippen molar-refractivity contribution in [3.63, 3.8) is 0 Å². The molecule has 0 aliphatic carbocycles. The largest absolute Gasteiger partial charge is 0.310 e. The second-order valence-corrected chi connectivity index (χ2v) is 4.76. The molecule has 0 atom stereocenters. The van der Waals surface area contributed by atoms with Crippen molar-refractivity contribution in [2.75, 3.05) is 0 Å². The van der Waals surface area contributed by atoms with Gasteiger partial charge in [0.1, 0.15) is 5.82 Å². The van der Waals surface area contributed by atoms with Crippen LogP contribution < -0.4 is 5.56 Å². The van der Waals surface area contributed by atoms with Crippen LogP contribution in [0.25, 0.3) is 0 Å². The Labute approximate surface area is 111 Å². The van der Waals surface area contributed by atoms with E-state index in [9.17, 15) is 9.18 Å². The van der Waals surface area contributed by atoms with Crippen molar-refractivity contribution in [1.82, 2.24) is 4.57 Å². The van der Waals surface area contributed by atoms with Crippen molar-refractivity contribution < 1.29 is 4.39 Å². The maximum atomic E-state index is 13.7. The first-order chi connectivity index (χ1) is 8.09. The molecule has 0 bridgehead atoms. The molecule has 0 N–H and O–H groups in total. The lowest BCUT2D eigenvalue weighted by atomic mass is 10.2. The highest BCUT2D eigenvalue weighted by Gasteiger charge is 2.08. The van der Waals surface area contributed by atoms with Crippen LogP contribution in [0, 0.1) is 5.82 Å². The van der Waals surface area contributed by atoms with E-state index in [0.29, 0.717) is 10.0 Å². The number of hydrogen-bond acceptors (Lipinski definition) is 1. The second-order valence-electron chi connectivity index (χ2n) is 3.50. The van der Waals surface area contributed by atoms with Gasteiger partial charge in [-0.15, -0.1) is 0 Å². The number of rotatable bonds is 2. The lowest BCUT2D eigenvalue weighted by molar-refractivity contribution is 0.596. The first-order valence-corrected chi connectivity index (χ1v) is 6.04.